The molecular formula is C11H17F2NSi. The zero-order valence-electron chi connectivity index (χ0n) is 9.19. The quantitative estimate of drug-likeness (QED) is 0.783. The zero-order chi connectivity index (χ0) is 11.5. The van der Waals surface area contributed by atoms with Gasteiger partial charge < -0.3 is 5.73 Å². The molecule has 1 atom stereocenters. The zero-order valence-corrected chi connectivity index (χ0v) is 10.6. The van der Waals surface area contributed by atoms with Crippen LogP contribution in [0.15, 0.2) is 18.2 Å². The van der Waals surface area contributed by atoms with E-state index in [1.165, 1.54) is 12.1 Å². The molecule has 0 saturated heterocycles. The van der Waals surface area contributed by atoms with Crippen molar-refractivity contribution in [2.24, 2.45) is 5.73 Å². The fourth-order valence-corrected chi connectivity index (χ4v) is 3.35. The van der Waals surface area contributed by atoms with Crippen molar-refractivity contribution in [3.05, 3.63) is 35.4 Å². The smallest absolute Gasteiger partial charge is 0.129 e. The highest BCUT2D eigenvalue weighted by molar-refractivity contribution is 6.39. The summed E-state index contributed by atoms with van der Waals surface area (Å²) in [4.78, 5) is 0. The van der Waals surface area contributed by atoms with Gasteiger partial charge in [0.1, 0.15) is 11.6 Å². The molecule has 4 heteroatoms. The van der Waals surface area contributed by atoms with E-state index in [-0.39, 0.29) is 5.16 Å². The van der Waals surface area contributed by atoms with Gasteiger partial charge in [0.05, 0.1) is 0 Å². The first-order valence-electron chi connectivity index (χ1n) is 5.17. The van der Waals surface area contributed by atoms with Gasteiger partial charge in [-0.25, -0.2) is 8.78 Å². The fraction of sp³-hybridized carbons (Fsp3) is 0.455. The minimum atomic E-state index is -0.539. The third kappa shape index (κ3) is 3.72. The van der Waals surface area contributed by atoms with Crippen molar-refractivity contribution in [3.8, 4) is 0 Å². The van der Waals surface area contributed by atoms with E-state index in [1.807, 2.05) is 6.92 Å². The molecule has 0 aliphatic heterocycles. The van der Waals surface area contributed by atoms with E-state index in [0.717, 1.165) is 12.1 Å². The molecule has 15 heavy (non-hydrogen) atoms. The van der Waals surface area contributed by atoms with Crippen LogP contribution in [0.4, 0.5) is 8.78 Å². The third-order valence-corrected chi connectivity index (χ3v) is 4.32. The Morgan fingerprint density at radius 2 is 2.07 bits per heavy atom. The van der Waals surface area contributed by atoms with E-state index in [1.54, 1.807) is 0 Å². The van der Waals surface area contributed by atoms with Crippen LogP contribution >= 0.6 is 0 Å². The van der Waals surface area contributed by atoms with Crippen LogP contribution in [0.3, 0.4) is 0 Å². The van der Waals surface area contributed by atoms with Crippen molar-refractivity contribution < 1.29 is 8.78 Å². The Morgan fingerprint density at radius 3 is 2.60 bits per heavy atom. The van der Waals surface area contributed by atoms with E-state index in [0.29, 0.717) is 12.0 Å². The van der Waals surface area contributed by atoms with Crippen LogP contribution < -0.4 is 5.73 Å². The van der Waals surface area contributed by atoms with E-state index in [2.05, 4.69) is 6.92 Å². The number of halogens is 2. The summed E-state index contributed by atoms with van der Waals surface area (Å²) in [5.74, 6) is -1.03. The Kier molecular flexibility index (Phi) is 3.99. The molecule has 1 aromatic rings. The normalized spacial score (nSPS) is 15.8. The number of benzene rings is 1. The van der Waals surface area contributed by atoms with Gasteiger partial charge in [0, 0.05) is 20.7 Å². The minimum absolute atomic E-state index is 0.284. The molecule has 2 N–H and O–H groups in total. The first kappa shape index (κ1) is 12.3. The van der Waals surface area contributed by atoms with Gasteiger partial charge in [0.15, 0.2) is 0 Å². The van der Waals surface area contributed by atoms with Gasteiger partial charge in [-0.2, -0.15) is 0 Å². The van der Waals surface area contributed by atoms with Gasteiger partial charge in [-0.1, -0.05) is 26.0 Å². The second kappa shape index (κ2) is 4.85. The molecule has 84 valence electrons. The summed E-state index contributed by atoms with van der Waals surface area (Å²) in [5, 5.41) is -0.284. The second-order valence-corrected chi connectivity index (χ2v) is 7.43. The third-order valence-electron chi connectivity index (χ3n) is 2.43. The molecule has 0 bridgehead atoms. The van der Waals surface area contributed by atoms with E-state index < -0.39 is 21.2 Å². The predicted molar refractivity (Wildman–Crippen MR) is 61.7 cm³/mol. The molecule has 0 radical (unpaired) electrons. The highest BCUT2D eigenvalue weighted by atomic mass is 28.2. The fourth-order valence-electron chi connectivity index (χ4n) is 1.76. The molecule has 0 aromatic heterocycles. The summed E-state index contributed by atoms with van der Waals surface area (Å²) in [6.45, 7) is 4.05. The number of hydrogen-bond acceptors (Lipinski definition) is 1. The van der Waals surface area contributed by atoms with E-state index in [9.17, 15) is 8.78 Å². The lowest BCUT2D eigenvalue weighted by Gasteiger charge is -2.23. The Morgan fingerprint density at radius 1 is 1.40 bits per heavy atom. The average Bonchev–Trinajstić information content (AvgIpc) is 2.09. The average molecular weight is 229 g/mol. The molecule has 0 amide bonds. The Labute approximate surface area is 91.5 Å². The second-order valence-electron chi connectivity index (χ2n) is 4.32. The predicted octanol–water partition coefficient (Wildman–Crippen LogP) is 1.79. The van der Waals surface area contributed by atoms with Crippen LogP contribution in [-0.4, -0.2) is 14.7 Å². The van der Waals surface area contributed by atoms with Crippen molar-refractivity contribution >= 4 is 9.52 Å². The number of hydrogen-bond donors (Lipinski definition) is 1. The Balaban J connectivity index is 2.80. The minimum Gasteiger partial charge on any atom is -0.328 e. The van der Waals surface area contributed by atoms with Crippen LogP contribution in [0.5, 0.6) is 0 Å². The summed E-state index contributed by atoms with van der Waals surface area (Å²) >= 11 is 0. The highest BCUT2D eigenvalue weighted by Gasteiger charge is 2.20. The first-order chi connectivity index (χ1) is 6.94. The SMILES string of the molecule is CC[SiH2]C(C)(N)Cc1ccc(F)cc1F. The number of nitrogens with two attached hydrogens (primary N) is 1. The van der Waals surface area contributed by atoms with Crippen LogP contribution in [-0.2, 0) is 6.42 Å². The summed E-state index contributed by atoms with van der Waals surface area (Å²) in [6, 6.07) is 4.77. The standard InChI is InChI=1S/C11H17F2NSi/c1-3-15-11(2,14)7-8-4-5-9(12)6-10(8)13/h4-6H,3,7,14-15H2,1-2H3. The molecule has 1 nitrogen and oxygen atoms in total. The lowest BCUT2D eigenvalue weighted by atomic mass is 10.1. The van der Waals surface area contributed by atoms with Gasteiger partial charge in [-0.3, -0.25) is 0 Å². The lowest BCUT2D eigenvalue weighted by molar-refractivity contribution is 0.553. The maximum atomic E-state index is 13.3. The molecule has 0 aliphatic carbocycles. The largest absolute Gasteiger partial charge is 0.328 e. The summed E-state index contributed by atoms with van der Waals surface area (Å²) < 4.78 is 26.0. The lowest BCUT2D eigenvalue weighted by Crippen LogP contribution is -2.44. The Bertz CT molecular complexity index is 339. The van der Waals surface area contributed by atoms with Crippen molar-refractivity contribution in [1.82, 2.24) is 0 Å². The monoisotopic (exact) mass is 229 g/mol. The van der Waals surface area contributed by atoms with Crippen LogP contribution in [0.2, 0.25) is 6.04 Å². The van der Waals surface area contributed by atoms with Crippen LogP contribution in [0, 0.1) is 11.6 Å². The van der Waals surface area contributed by atoms with Gasteiger partial charge >= 0.3 is 0 Å². The van der Waals surface area contributed by atoms with Gasteiger partial charge in [0.25, 0.3) is 0 Å². The highest BCUT2D eigenvalue weighted by Crippen LogP contribution is 2.15. The first-order valence-corrected chi connectivity index (χ1v) is 6.88. The summed E-state index contributed by atoms with van der Waals surface area (Å²) in [7, 11) is -0.402. The molecule has 0 spiro atoms. The maximum Gasteiger partial charge on any atom is 0.129 e. The molecule has 1 rings (SSSR count). The molecule has 0 fully saturated rings. The van der Waals surface area contributed by atoms with Gasteiger partial charge in [-0.15, -0.1) is 0 Å². The molecular weight excluding hydrogens is 212 g/mol. The molecule has 0 heterocycles. The topological polar surface area (TPSA) is 26.0 Å². The van der Waals surface area contributed by atoms with Crippen LogP contribution in [0.25, 0.3) is 0 Å². The van der Waals surface area contributed by atoms with Crippen molar-refractivity contribution in [1.29, 1.82) is 0 Å². The van der Waals surface area contributed by atoms with Gasteiger partial charge in [-0.05, 0) is 18.1 Å². The van der Waals surface area contributed by atoms with Gasteiger partial charge in [0.2, 0.25) is 0 Å². The number of rotatable bonds is 4. The molecule has 0 aliphatic rings. The van der Waals surface area contributed by atoms with Crippen molar-refractivity contribution in [2.45, 2.75) is 31.5 Å². The molecule has 1 aromatic carbocycles. The maximum absolute atomic E-state index is 13.3. The summed E-state index contributed by atoms with van der Waals surface area (Å²) in [6.07, 6.45) is 0.499. The van der Waals surface area contributed by atoms with Crippen molar-refractivity contribution in [3.63, 3.8) is 0 Å². The van der Waals surface area contributed by atoms with E-state index in [4.69, 9.17) is 5.73 Å². The Hall–Kier alpha value is -0.743. The molecule has 1 unspecified atom stereocenters. The molecule has 0 saturated carbocycles. The van der Waals surface area contributed by atoms with Crippen LogP contribution in [0.1, 0.15) is 19.4 Å². The summed E-state index contributed by atoms with van der Waals surface area (Å²) in [5.41, 5.74) is 6.58. The van der Waals surface area contributed by atoms with E-state index >= 15 is 0 Å². The van der Waals surface area contributed by atoms with Crippen molar-refractivity contribution in [2.75, 3.05) is 0 Å².